The Hall–Kier alpha value is -1.96. The minimum Gasteiger partial charge on any atom is -0.303 e. The molecule has 1 saturated carbocycles. The first-order chi connectivity index (χ1) is 8.38. The van der Waals surface area contributed by atoms with Gasteiger partial charge in [0, 0.05) is 23.1 Å². The number of pyridine rings is 1. The molecule has 2 unspecified atom stereocenters. The largest absolute Gasteiger partial charge is 0.303 e. The molecule has 2 nitrogen and oxygen atoms in total. The highest BCUT2D eigenvalue weighted by molar-refractivity contribution is 5.62. The second-order valence-electron chi connectivity index (χ2n) is 4.46. The van der Waals surface area contributed by atoms with Crippen LogP contribution in [0.25, 0.3) is 11.3 Å². The number of carbonyl (C=O) groups is 1. The SMILES string of the molecule is O=CC1CC1c1cccc(-c2ccccc2)n1. The monoisotopic (exact) mass is 223 g/mol. The van der Waals surface area contributed by atoms with Crippen LogP contribution in [-0.4, -0.2) is 11.3 Å². The maximum atomic E-state index is 10.7. The number of aldehydes is 1. The van der Waals surface area contributed by atoms with Gasteiger partial charge in [0.05, 0.1) is 5.69 Å². The number of rotatable bonds is 3. The summed E-state index contributed by atoms with van der Waals surface area (Å²) in [7, 11) is 0. The normalized spacial score (nSPS) is 22.1. The van der Waals surface area contributed by atoms with E-state index < -0.39 is 0 Å². The number of benzene rings is 1. The molecular formula is C15H13NO. The van der Waals surface area contributed by atoms with Crippen molar-refractivity contribution in [2.24, 2.45) is 5.92 Å². The van der Waals surface area contributed by atoms with Crippen LogP contribution in [0.5, 0.6) is 0 Å². The van der Waals surface area contributed by atoms with Crippen LogP contribution in [0.2, 0.25) is 0 Å². The molecule has 0 amide bonds. The van der Waals surface area contributed by atoms with Crippen molar-refractivity contribution in [3.8, 4) is 11.3 Å². The molecule has 0 bridgehead atoms. The lowest BCUT2D eigenvalue weighted by Crippen LogP contribution is -1.91. The van der Waals surface area contributed by atoms with Crippen LogP contribution in [-0.2, 0) is 4.79 Å². The van der Waals surface area contributed by atoms with Crippen molar-refractivity contribution in [2.45, 2.75) is 12.3 Å². The molecule has 1 aromatic carbocycles. The highest BCUT2D eigenvalue weighted by Gasteiger charge is 2.39. The molecule has 17 heavy (non-hydrogen) atoms. The molecule has 2 heteroatoms. The predicted molar refractivity (Wildman–Crippen MR) is 66.6 cm³/mol. The maximum Gasteiger partial charge on any atom is 0.123 e. The van der Waals surface area contributed by atoms with Crippen LogP contribution in [0, 0.1) is 5.92 Å². The Kier molecular flexibility index (Phi) is 2.48. The van der Waals surface area contributed by atoms with E-state index in [0.29, 0.717) is 5.92 Å². The average Bonchev–Trinajstić information content (AvgIpc) is 3.19. The number of hydrogen-bond acceptors (Lipinski definition) is 2. The zero-order valence-corrected chi connectivity index (χ0v) is 9.41. The fraction of sp³-hybridized carbons (Fsp3) is 0.200. The number of aromatic nitrogens is 1. The summed E-state index contributed by atoms with van der Waals surface area (Å²) in [5.74, 6) is 0.532. The molecule has 0 radical (unpaired) electrons. The highest BCUT2D eigenvalue weighted by atomic mass is 16.1. The first kappa shape index (κ1) is 10.2. The van der Waals surface area contributed by atoms with Crippen molar-refractivity contribution in [3.05, 3.63) is 54.2 Å². The van der Waals surface area contributed by atoms with Gasteiger partial charge < -0.3 is 4.79 Å². The van der Waals surface area contributed by atoms with Gasteiger partial charge in [-0.25, -0.2) is 0 Å². The Morgan fingerprint density at radius 1 is 1.06 bits per heavy atom. The van der Waals surface area contributed by atoms with E-state index in [0.717, 1.165) is 29.7 Å². The Bertz CT molecular complexity index is 536. The fourth-order valence-corrected chi connectivity index (χ4v) is 2.13. The summed E-state index contributed by atoms with van der Waals surface area (Å²) in [4.78, 5) is 15.3. The summed E-state index contributed by atoms with van der Waals surface area (Å²) in [6.45, 7) is 0. The number of carbonyl (C=O) groups excluding carboxylic acids is 1. The van der Waals surface area contributed by atoms with Gasteiger partial charge in [-0.3, -0.25) is 4.98 Å². The van der Waals surface area contributed by atoms with E-state index in [1.54, 1.807) is 0 Å². The van der Waals surface area contributed by atoms with Crippen molar-refractivity contribution in [1.29, 1.82) is 0 Å². The van der Waals surface area contributed by atoms with Crippen molar-refractivity contribution in [1.82, 2.24) is 4.98 Å². The van der Waals surface area contributed by atoms with Gasteiger partial charge in [-0.15, -0.1) is 0 Å². The van der Waals surface area contributed by atoms with E-state index in [9.17, 15) is 4.79 Å². The standard InChI is InChI=1S/C15H13NO/c17-10-12-9-13(12)15-8-4-7-14(16-15)11-5-2-1-3-6-11/h1-8,10,12-13H,9H2. The molecule has 1 heterocycles. The van der Waals surface area contributed by atoms with Crippen LogP contribution in [0.4, 0.5) is 0 Å². The van der Waals surface area contributed by atoms with Gasteiger partial charge in [0.25, 0.3) is 0 Å². The van der Waals surface area contributed by atoms with Crippen LogP contribution >= 0.6 is 0 Å². The molecule has 84 valence electrons. The zero-order chi connectivity index (χ0) is 11.7. The Morgan fingerprint density at radius 2 is 1.88 bits per heavy atom. The Labute approximate surface area is 100 Å². The molecule has 0 saturated heterocycles. The molecule has 0 N–H and O–H groups in total. The molecule has 3 rings (SSSR count). The van der Waals surface area contributed by atoms with Crippen molar-refractivity contribution in [3.63, 3.8) is 0 Å². The molecule has 0 spiro atoms. The minimum atomic E-state index is 0.188. The molecular weight excluding hydrogens is 210 g/mol. The van der Waals surface area contributed by atoms with Crippen LogP contribution in [0.15, 0.2) is 48.5 Å². The highest BCUT2D eigenvalue weighted by Crippen LogP contribution is 2.45. The lowest BCUT2D eigenvalue weighted by Gasteiger charge is -2.03. The zero-order valence-electron chi connectivity index (χ0n) is 9.41. The van der Waals surface area contributed by atoms with E-state index in [1.165, 1.54) is 0 Å². The molecule has 2 atom stereocenters. The van der Waals surface area contributed by atoms with E-state index in [4.69, 9.17) is 0 Å². The van der Waals surface area contributed by atoms with Crippen LogP contribution < -0.4 is 0 Å². The maximum absolute atomic E-state index is 10.7. The second kappa shape index (κ2) is 4.13. The quantitative estimate of drug-likeness (QED) is 0.748. The van der Waals surface area contributed by atoms with Gasteiger partial charge in [0.2, 0.25) is 0 Å². The summed E-state index contributed by atoms with van der Waals surface area (Å²) < 4.78 is 0. The lowest BCUT2D eigenvalue weighted by molar-refractivity contribution is -0.108. The van der Waals surface area contributed by atoms with E-state index in [-0.39, 0.29) is 5.92 Å². The third kappa shape index (κ3) is 1.98. The summed E-state index contributed by atoms with van der Waals surface area (Å²) in [5, 5.41) is 0. The second-order valence-corrected chi connectivity index (χ2v) is 4.46. The van der Waals surface area contributed by atoms with Crippen molar-refractivity contribution in [2.75, 3.05) is 0 Å². The van der Waals surface area contributed by atoms with Gasteiger partial charge >= 0.3 is 0 Å². The smallest absolute Gasteiger partial charge is 0.123 e. The molecule has 2 aromatic rings. The number of nitrogens with zero attached hydrogens (tertiary/aromatic N) is 1. The first-order valence-electron chi connectivity index (χ1n) is 5.86. The van der Waals surface area contributed by atoms with E-state index >= 15 is 0 Å². The molecule has 1 aromatic heterocycles. The summed E-state index contributed by atoms with van der Waals surface area (Å²) in [6.07, 6.45) is 2.00. The Morgan fingerprint density at radius 3 is 2.59 bits per heavy atom. The van der Waals surface area contributed by atoms with Gasteiger partial charge in [-0.1, -0.05) is 36.4 Å². The van der Waals surface area contributed by atoms with Crippen molar-refractivity contribution >= 4 is 6.29 Å². The van der Waals surface area contributed by atoms with Crippen LogP contribution in [0.3, 0.4) is 0 Å². The topological polar surface area (TPSA) is 30.0 Å². The summed E-state index contributed by atoms with van der Waals surface area (Å²) in [6, 6.07) is 16.2. The minimum absolute atomic E-state index is 0.188. The molecule has 1 aliphatic rings. The van der Waals surface area contributed by atoms with E-state index in [2.05, 4.69) is 17.1 Å². The third-order valence-corrected chi connectivity index (χ3v) is 3.23. The molecule has 1 aliphatic carbocycles. The summed E-state index contributed by atoms with van der Waals surface area (Å²) >= 11 is 0. The fourth-order valence-electron chi connectivity index (χ4n) is 2.13. The van der Waals surface area contributed by atoms with Gasteiger partial charge in [-0.05, 0) is 18.6 Å². The predicted octanol–water partition coefficient (Wildman–Crippen LogP) is 3.05. The third-order valence-electron chi connectivity index (χ3n) is 3.23. The van der Waals surface area contributed by atoms with Crippen molar-refractivity contribution < 1.29 is 4.79 Å². The van der Waals surface area contributed by atoms with E-state index in [1.807, 2.05) is 36.4 Å². The van der Waals surface area contributed by atoms with Gasteiger partial charge in [-0.2, -0.15) is 0 Å². The van der Waals surface area contributed by atoms with Gasteiger partial charge in [0.1, 0.15) is 6.29 Å². The Balaban J connectivity index is 1.93. The van der Waals surface area contributed by atoms with Gasteiger partial charge in [0.15, 0.2) is 0 Å². The lowest BCUT2D eigenvalue weighted by atomic mass is 10.1. The van der Waals surface area contributed by atoms with Crippen LogP contribution in [0.1, 0.15) is 18.0 Å². The number of hydrogen-bond donors (Lipinski definition) is 0. The molecule has 0 aliphatic heterocycles. The molecule has 1 fully saturated rings. The summed E-state index contributed by atoms with van der Waals surface area (Å²) in [5.41, 5.74) is 3.15. The average molecular weight is 223 g/mol. The first-order valence-corrected chi connectivity index (χ1v) is 5.86.